The van der Waals surface area contributed by atoms with Crippen LogP contribution in [0.25, 0.3) is 0 Å². The van der Waals surface area contributed by atoms with Gasteiger partial charge in [0.05, 0.1) is 24.2 Å². The number of hydrogen-bond donors (Lipinski definition) is 1. The number of thiophene rings is 1. The van der Waals surface area contributed by atoms with Crippen molar-refractivity contribution < 1.29 is 32.3 Å². The number of ether oxygens (including phenoxy) is 2. The summed E-state index contributed by atoms with van der Waals surface area (Å²) in [5, 5.41) is 3.24. The van der Waals surface area contributed by atoms with Gasteiger partial charge in [0.1, 0.15) is 5.00 Å². The Labute approximate surface area is 207 Å². The number of rotatable bonds is 6. The number of carbonyl (C=O) groups excluding carboxylic acids is 3. The first kappa shape index (κ1) is 25.1. The molecule has 1 fully saturated rings. The van der Waals surface area contributed by atoms with E-state index < -0.39 is 28.0 Å². The highest BCUT2D eigenvalue weighted by molar-refractivity contribution is 7.89. The molecule has 2 heterocycles. The van der Waals surface area contributed by atoms with Gasteiger partial charge >= 0.3 is 12.1 Å². The van der Waals surface area contributed by atoms with Crippen LogP contribution in [0.5, 0.6) is 0 Å². The lowest BCUT2D eigenvalue weighted by Gasteiger charge is -2.33. The monoisotopic (exact) mass is 521 g/mol. The lowest BCUT2D eigenvalue weighted by molar-refractivity contribution is 0.0601. The molecule has 2 aromatic rings. The number of sulfonamides is 1. The van der Waals surface area contributed by atoms with Gasteiger partial charge in [0, 0.05) is 36.6 Å². The van der Waals surface area contributed by atoms with Crippen LogP contribution < -0.4 is 5.32 Å². The number of nitrogens with zero attached hydrogens (tertiary/aromatic N) is 2. The maximum Gasteiger partial charge on any atom is 0.409 e. The topological polar surface area (TPSA) is 122 Å². The molecule has 0 unspecified atom stereocenters. The van der Waals surface area contributed by atoms with Crippen LogP contribution in [0.2, 0.25) is 0 Å². The number of hydrogen-bond acceptors (Lipinski definition) is 8. The first-order valence-corrected chi connectivity index (χ1v) is 13.6. The molecule has 2 aliphatic rings. The predicted octanol–water partition coefficient (Wildman–Crippen LogP) is 2.74. The molecule has 0 atom stereocenters. The third kappa shape index (κ3) is 5.04. The molecule has 0 saturated carbocycles. The van der Waals surface area contributed by atoms with Gasteiger partial charge in [-0.1, -0.05) is 0 Å². The molecular formula is C23H27N3O7S2. The van der Waals surface area contributed by atoms with E-state index in [1.165, 1.54) is 51.9 Å². The molecule has 0 radical (unpaired) electrons. The number of esters is 1. The zero-order chi connectivity index (χ0) is 25.2. The molecule has 1 aliphatic carbocycles. The quantitative estimate of drug-likeness (QED) is 0.580. The van der Waals surface area contributed by atoms with Gasteiger partial charge in [-0.3, -0.25) is 4.79 Å². The van der Waals surface area contributed by atoms with Gasteiger partial charge in [0.25, 0.3) is 5.91 Å². The van der Waals surface area contributed by atoms with E-state index in [2.05, 4.69) is 5.32 Å². The van der Waals surface area contributed by atoms with E-state index in [0.29, 0.717) is 10.6 Å². The summed E-state index contributed by atoms with van der Waals surface area (Å²) >= 11 is 1.37. The smallest absolute Gasteiger partial charge is 0.409 e. The van der Waals surface area contributed by atoms with E-state index in [1.54, 1.807) is 6.92 Å². The Morgan fingerprint density at radius 2 is 1.74 bits per heavy atom. The van der Waals surface area contributed by atoms with Crippen LogP contribution in [0.3, 0.4) is 0 Å². The zero-order valence-corrected chi connectivity index (χ0v) is 21.2. The molecule has 4 rings (SSSR count). The molecule has 2 amide bonds. The highest BCUT2D eigenvalue weighted by Gasteiger charge is 2.31. The Morgan fingerprint density at radius 1 is 1.06 bits per heavy atom. The summed E-state index contributed by atoms with van der Waals surface area (Å²) in [4.78, 5) is 39.6. The molecule has 12 heteroatoms. The minimum atomic E-state index is -3.78. The van der Waals surface area contributed by atoms with Crippen molar-refractivity contribution in [3.63, 3.8) is 0 Å². The summed E-state index contributed by atoms with van der Waals surface area (Å²) in [6, 6.07) is 5.65. The summed E-state index contributed by atoms with van der Waals surface area (Å²) in [7, 11) is -2.47. The fourth-order valence-corrected chi connectivity index (χ4v) is 6.93. The van der Waals surface area contributed by atoms with E-state index in [9.17, 15) is 22.8 Å². The summed E-state index contributed by atoms with van der Waals surface area (Å²) in [6.07, 6.45) is 2.15. The Morgan fingerprint density at radius 3 is 2.37 bits per heavy atom. The first-order chi connectivity index (χ1) is 16.8. The second-order valence-corrected chi connectivity index (χ2v) is 11.2. The van der Waals surface area contributed by atoms with E-state index in [-0.39, 0.29) is 43.2 Å². The molecular weight excluding hydrogens is 494 g/mol. The number of amides is 2. The number of fused-ring (bicyclic) bond motifs is 1. The largest absolute Gasteiger partial charge is 0.465 e. The molecule has 1 aliphatic heterocycles. The third-order valence-electron chi connectivity index (χ3n) is 6.06. The first-order valence-electron chi connectivity index (χ1n) is 11.3. The zero-order valence-electron chi connectivity index (χ0n) is 19.5. The number of methoxy groups -OCH3 is 1. The number of anilines is 1. The molecule has 0 spiro atoms. The normalized spacial score (nSPS) is 16.0. The van der Waals surface area contributed by atoms with Gasteiger partial charge in [-0.2, -0.15) is 4.31 Å². The number of piperazine rings is 1. The van der Waals surface area contributed by atoms with Crippen molar-refractivity contribution in [3.05, 3.63) is 45.8 Å². The summed E-state index contributed by atoms with van der Waals surface area (Å²) < 4.78 is 37.3. The number of nitrogens with one attached hydrogen (secondary N) is 1. The lowest BCUT2D eigenvalue weighted by Crippen LogP contribution is -2.50. The minimum absolute atomic E-state index is 0.0592. The summed E-state index contributed by atoms with van der Waals surface area (Å²) in [6.45, 7) is 2.77. The molecule has 10 nitrogen and oxygen atoms in total. The highest BCUT2D eigenvalue weighted by atomic mass is 32.2. The minimum Gasteiger partial charge on any atom is -0.465 e. The van der Waals surface area contributed by atoms with Gasteiger partial charge in [-0.15, -0.1) is 11.3 Å². The Balaban J connectivity index is 1.44. The summed E-state index contributed by atoms with van der Waals surface area (Å²) in [5.74, 6) is -0.925. The van der Waals surface area contributed by atoms with E-state index >= 15 is 0 Å². The Kier molecular flexibility index (Phi) is 7.43. The van der Waals surface area contributed by atoms with Gasteiger partial charge in [-0.25, -0.2) is 18.0 Å². The fraction of sp³-hybridized carbons (Fsp3) is 0.435. The van der Waals surface area contributed by atoms with Crippen molar-refractivity contribution in [3.8, 4) is 0 Å². The maximum atomic E-state index is 13.0. The Hall–Kier alpha value is -2.96. The molecule has 1 aromatic carbocycles. The van der Waals surface area contributed by atoms with Crippen LogP contribution in [0.15, 0.2) is 29.2 Å². The highest BCUT2D eigenvalue weighted by Crippen LogP contribution is 2.39. The second kappa shape index (κ2) is 10.3. The molecule has 0 bridgehead atoms. The van der Waals surface area contributed by atoms with Crippen molar-refractivity contribution in [1.82, 2.24) is 9.21 Å². The lowest BCUT2D eigenvalue weighted by atomic mass is 10.1. The standard InChI is InChI=1S/C23H27N3O7S2/c1-3-33-23(29)25-11-13-26(14-12-25)35(30,31)16-9-7-15(8-10-16)20(27)24-21-19(22(28)32-2)17-5-4-6-18(17)34-21/h7-10H,3-6,11-14H2,1-2H3,(H,24,27). The van der Waals surface area contributed by atoms with Crippen LogP contribution in [-0.4, -0.2) is 75.5 Å². The third-order valence-corrected chi connectivity index (χ3v) is 9.18. The van der Waals surface area contributed by atoms with Crippen LogP contribution in [-0.2, 0) is 32.3 Å². The van der Waals surface area contributed by atoms with Crippen molar-refractivity contribution >= 4 is 44.3 Å². The van der Waals surface area contributed by atoms with Crippen LogP contribution in [0.1, 0.15) is 44.5 Å². The van der Waals surface area contributed by atoms with Crippen LogP contribution in [0, 0.1) is 0 Å². The van der Waals surface area contributed by atoms with Gasteiger partial charge in [0.2, 0.25) is 10.0 Å². The number of aryl methyl sites for hydroxylation is 1. The average Bonchev–Trinajstić information content (AvgIpc) is 3.45. The molecule has 35 heavy (non-hydrogen) atoms. The van der Waals surface area contributed by atoms with Gasteiger partial charge < -0.3 is 19.7 Å². The molecule has 1 aromatic heterocycles. The molecule has 188 valence electrons. The SMILES string of the molecule is CCOC(=O)N1CCN(S(=O)(=O)c2ccc(C(=O)Nc3sc4c(c3C(=O)OC)CCC4)cc2)CC1. The van der Waals surface area contributed by atoms with Gasteiger partial charge in [0.15, 0.2) is 0 Å². The fourth-order valence-electron chi connectivity index (χ4n) is 4.24. The van der Waals surface area contributed by atoms with E-state index in [1.807, 2.05) is 0 Å². The number of carbonyl (C=O) groups is 3. The molecule has 1 saturated heterocycles. The van der Waals surface area contributed by atoms with Crippen LogP contribution in [0.4, 0.5) is 9.80 Å². The van der Waals surface area contributed by atoms with Gasteiger partial charge in [-0.05, 0) is 56.0 Å². The van der Waals surface area contributed by atoms with Crippen molar-refractivity contribution in [2.24, 2.45) is 0 Å². The maximum absolute atomic E-state index is 13.0. The Bertz CT molecular complexity index is 1230. The van der Waals surface area contributed by atoms with E-state index in [4.69, 9.17) is 9.47 Å². The van der Waals surface area contributed by atoms with E-state index in [0.717, 1.165) is 29.7 Å². The van der Waals surface area contributed by atoms with Crippen molar-refractivity contribution in [2.45, 2.75) is 31.1 Å². The second-order valence-electron chi connectivity index (χ2n) is 8.12. The average molecular weight is 522 g/mol. The van der Waals surface area contributed by atoms with Crippen molar-refractivity contribution in [1.29, 1.82) is 0 Å². The molecule has 1 N–H and O–H groups in total. The van der Waals surface area contributed by atoms with Crippen molar-refractivity contribution in [2.75, 3.05) is 45.2 Å². The number of benzene rings is 1. The predicted molar refractivity (Wildman–Crippen MR) is 129 cm³/mol. The van der Waals surface area contributed by atoms with Crippen LogP contribution >= 0.6 is 11.3 Å². The summed E-state index contributed by atoms with van der Waals surface area (Å²) in [5.41, 5.74) is 1.60.